The van der Waals surface area contributed by atoms with E-state index in [1.54, 1.807) is 0 Å². The van der Waals surface area contributed by atoms with Crippen molar-refractivity contribution >= 4 is 5.91 Å². The molecule has 0 aromatic heterocycles. The van der Waals surface area contributed by atoms with E-state index in [1.165, 1.54) is 0 Å². The van der Waals surface area contributed by atoms with E-state index >= 15 is 0 Å². The maximum Gasteiger partial charge on any atom is 0.419 e. The van der Waals surface area contributed by atoms with Crippen molar-refractivity contribution in [2.24, 2.45) is 5.73 Å². The average Bonchev–Trinajstić information content (AvgIpc) is 2.76. The van der Waals surface area contributed by atoms with E-state index in [9.17, 15) is 23.1 Å². The summed E-state index contributed by atoms with van der Waals surface area (Å²) in [6, 6.07) is 0. The first-order valence-corrected chi connectivity index (χ1v) is 5.05. The number of halogens is 3. The van der Waals surface area contributed by atoms with E-state index < -0.39 is 36.2 Å². The summed E-state index contributed by atoms with van der Waals surface area (Å²) in [5.41, 5.74) is 1.87. The van der Waals surface area contributed by atoms with Crippen LogP contribution < -0.4 is 5.73 Å². The number of β-amino-alcohol motifs (C(OH)–C–C–N with tert-alkyl or cyclic N) is 1. The largest absolute Gasteiger partial charge is 0.419 e. The molecule has 2 fully saturated rings. The number of carbonyl (C=O) groups excluding carboxylic acids is 1. The quantitative estimate of drug-likeness (QED) is 0.676. The predicted octanol–water partition coefficient (Wildman–Crippen LogP) is 0.00340. The van der Waals surface area contributed by atoms with Gasteiger partial charge in [0.05, 0.1) is 12.1 Å². The number of aliphatic hydroxyl groups is 1. The highest BCUT2D eigenvalue weighted by atomic mass is 19.4. The molecule has 0 spiro atoms. The average molecular weight is 238 g/mol. The van der Waals surface area contributed by atoms with Gasteiger partial charge in [-0.3, -0.25) is 4.79 Å². The van der Waals surface area contributed by atoms with E-state index in [1.807, 2.05) is 0 Å². The lowest BCUT2D eigenvalue weighted by Crippen LogP contribution is -2.50. The molecule has 3 N–H and O–H groups in total. The van der Waals surface area contributed by atoms with Crippen molar-refractivity contribution in [2.75, 3.05) is 13.1 Å². The van der Waals surface area contributed by atoms with Crippen molar-refractivity contribution in [3.05, 3.63) is 0 Å². The highest BCUT2D eigenvalue weighted by Gasteiger charge is 2.60. The fourth-order valence-electron chi connectivity index (χ4n) is 1.86. The van der Waals surface area contributed by atoms with Crippen molar-refractivity contribution in [1.29, 1.82) is 0 Å². The molecule has 1 amide bonds. The van der Waals surface area contributed by atoms with Gasteiger partial charge in [-0.1, -0.05) is 0 Å². The minimum atomic E-state index is -4.70. The normalized spacial score (nSPS) is 32.9. The van der Waals surface area contributed by atoms with Gasteiger partial charge in [0, 0.05) is 13.0 Å². The monoisotopic (exact) mass is 238 g/mol. The number of likely N-dealkylation sites (tertiary alicyclic amines) is 1. The molecule has 16 heavy (non-hydrogen) atoms. The number of alkyl halides is 3. The smallest absolute Gasteiger partial charge is 0.379 e. The summed E-state index contributed by atoms with van der Waals surface area (Å²) in [6.07, 6.45) is -4.16. The lowest BCUT2D eigenvalue weighted by molar-refractivity contribution is -0.253. The van der Waals surface area contributed by atoms with Crippen LogP contribution in [-0.4, -0.2) is 46.3 Å². The molecule has 1 heterocycles. The van der Waals surface area contributed by atoms with E-state index in [-0.39, 0.29) is 6.54 Å². The Hall–Kier alpha value is -0.820. The predicted molar refractivity (Wildman–Crippen MR) is 48.4 cm³/mol. The second kappa shape index (κ2) is 3.10. The van der Waals surface area contributed by atoms with Crippen molar-refractivity contribution in [3.8, 4) is 0 Å². The molecule has 4 nitrogen and oxygen atoms in total. The molecule has 1 unspecified atom stereocenters. The van der Waals surface area contributed by atoms with Crippen molar-refractivity contribution < 1.29 is 23.1 Å². The van der Waals surface area contributed by atoms with Gasteiger partial charge in [0.25, 0.3) is 0 Å². The Kier molecular flexibility index (Phi) is 2.26. The van der Waals surface area contributed by atoms with Crippen LogP contribution in [0.25, 0.3) is 0 Å². The van der Waals surface area contributed by atoms with Crippen LogP contribution >= 0.6 is 0 Å². The molecular weight excluding hydrogens is 225 g/mol. The summed E-state index contributed by atoms with van der Waals surface area (Å²) >= 11 is 0. The van der Waals surface area contributed by atoms with Crippen LogP contribution in [0.5, 0.6) is 0 Å². The zero-order valence-corrected chi connectivity index (χ0v) is 8.55. The van der Waals surface area contributed by atoms with Gasteiger partial charge in [-0.2, -0.15) is 13.2 Å². The summed E-state index contributed by atoms with van der Waals surface area (Å²) in [6.45, 7) is -0.790. The molecular formula is C9H13F3N2O2. The topological polar surface area (TPSA) is 66.6 Å². The van der Waals surface area contributed by atoms with Crippen LogP contribution in [0.4, 0.5) is 13.2 Å². The molecule has 1 aliphatic carbocycles. The summed E-state index contributed by atoms with van der Waals surface area (Å²) in [4.78, 5) is 12.7. The van der Waals surface area contributed by atoms with Crippen LogP contribution in [0.1, 0.15) is 19.3 Å². The van der Waals surface area contributed by atoms with E-state index in [4.69, 9.17) is 5.73 Å². The first-order chi connectivity index (χ1) is 7.18. The fourth-order valence-corrected chi connectivity index (χ4v) is 1.86. The molecule has 0 aromatic rings. The number of amides is 1. The molecule has 7 heteroatoms. The zero-order chi connectivity index (χ0) is 12.2. The second-order valence-corrected chi connectivity index (χ2v) is 4.66. The molecule has 92 valence electrons. The summed E-state index contributed by atoms with van der Waals surface area (Å²) in [5.74, 6) is -0.479. The third kappa shape index (κ3) is 1.67. The molecule has 0 aromatic carbocycles. The lowest BCUT2D eigenvalue weighted by Gasteiger charge is -2.26. The van der Waals surface area contributed by atoms with Gasteiger partial charge in [0.2, 0.25) is 5.91 Å². The molecule has 1 atom stereocenters. The minimum absolute atomic E-state index is 0.0895. The third-order valence-corrected chi connectivity index (χ3v) is 3.28. The highest BCUT2D eigenvalue weighted by Crippen LogP contribution is 2.40. The maximum absolute atomic E-state index is 12.5. The van der Waals surface area contributed by atoms with Crippen LogP contribution in [0, 0.1) is 0 Å². The number of nitrogens with zero attached hydrogens (tertiary/aromatic N) is 1. The Bertz CT molecular complexity index is 327. The van der Waals surface area contributed by atoms with Gasteiger partial charge in [-0.15, -0.1) is 0 Å². The molecule has 1 aliphatic heterocycles. The number of rotatable bonds is 1. The Morgan fingerprint density at radius 3 is 2.25 bits per heavy atom. The Balaban J connectivity index is 2.06. The maximum atomic E-state index is 12.5. The highest BCUT2D eigenvalue weighted by molar-refractivity contribution is 5.89. The van der Waals surface area contributed by atoms with Crippen molar-refractivity contribution in [2.45, 2.75) is 36.6 Å². The molecule has 2 aliphatic rings. The van der Waals surface area contributed by atoms with E-state index in [2.05, 4.69) is 0 Å². The van der Waals surface area contributed by atoms with Gasteiger partial charge in [0.15, 0.2) is 5.60 Å². The molecule has 2 rings (SSSR count). The zero-order valence-electron chi connectivity index (χ0n) is 8.55. The fraction of sp³-hybridized carbons (Fsp3) is 0.889. The number of nitrogens with two attached hydrogens (primary N) is 1. The van der Waals surface area contributed by atoms with Gasteiger partial charge in [-0.05, 0) is 12.8 Å². The SMILES string of the molecule is NC1(C(=O)N2CCC(O)(C(F)(F)F)C2)CC1. The van der Waals surface area contributed by atoms with Gasteiger partial charge < -0.3 is 15.7 Å². The third-order valence-electron chi connectivity index (χ3n) is 3.28. The first-order valence-electron chi connectivity index (χ1n) is 5.05. The summed E-state index contributed by atoms with van der Waals surface area (Å²) < 4.78 is 37.4. The summed E-state index contributed by atoms with van der Waals surface area (Å²) in [7, 11) is 0. The number of hydrogen-bond acceptors (Lipinski definition) is 3. The molecule has 1 saturated heterocycles. The Morgan fingerprint density at radius 2 is 1.88 bits per heavy atom. The van der Waals surface area contributed by atoms with Crippen molar-refractivity contribution in [1.82, 2.24) is 4.90 Å². The molecule has 1 saturated carbocycles. The van der Waals surface area contributed by atoms with E-state index in [0.29, 0.717) is 12.8 Å². The van der Waals surface area contributed by atoms with Gasteiger partial charge in [-0.25, -0.2) is 0 Å². The van der Waals surface area contributed by atoms with Crippen LogP contribution in [-0.2, 0) is 4.79 Å². The van der Waals surface area contributed by atoms with Gasteiger partial charge >= 0.3 is 6.18 Å². The molecule has 0 bridgehead atoms. The Morgan fingerprint density at radius 1 is 1.31 bits per heavy atom. The van der Waals surface area contributed by atoms with Crippen LogP contribution in [0.15, 0.2) is 0 Å². The first kappa shape index (κ1) is 11.7. The van der Waals surface area contributed by atoms with Gasteiger partial charge in [0.1, 0.15) is 0 Å². The lowest BCUT2D eigenvalue weighted by atomic mass is 10.0. The minimum Gasteiger partial charge on any atom is -0.379 e. The number of hydrogen-bond donors (Lipinski definition) is 2. The molecule has 0 radical (unpaired) electrons. The standard InChI is InChI=1S/C9H13F3N2O2/c10-9(11,12)8(16)3-4-14(5-8)6(15)7(13)1-2-7/h16H,1-5,13H2. The van der Waals surface area contributed by atoms with Crippen LogP contribution in [0.2, 0.25) is 0 Å². The Labute approximate surface area is 90.2 Å². The second-order valence-electron chi connectivity index (χ2n) is 4.66. The van der Waals surface area contributed by atoms with Crippen molar-refractivity contribution in [3.63, 3.8) is 0 Å². The number of carbonyl (C=O) groups is 1. The van der Waals surface area contributed by atoms with Crippen LogP contribution in [0.3, 0.4) is 0 Å². The van der Waals surface area contributed by atoms with E-state index in [0.717, 1.165) is 4.90 Å². The summed E-state index contributed by atoms with van der Waals surface area (Å²) in [5, 5.41) is 9.37.